The van der Waals surface area contributed by atoms with Gasteiger partial charge in [-0.05, 0) is 30.4 Å². The van der Waals surface area contributed by atoms with E-state index >= 15 is 0 Å². The minimum atomic E-state index is -2.98. The lowest BCUT2D eigenvalue weighted by molar-refractivity contribution is -0.160. The second-order valence-electron chi connectivity index (χ2n) is 5.03. The molecule has 0 saturated carbocycles. The molecule has 1 aromatic rings. The SMILES string of the molecule is CCOC(=O)C(C(F)F)C(O)c1ccc(C(C)CC)cc1. The van der Waals surface area contributed by atoms with Crippen molar-refractivity contribution in [2.24, 2.45) is 5.92 Å². The predicted molar refractivity (Wildman–Crippen MR) is 76.2 cm³/mol. The van der Waals surface area contributed by atoms with Gasteiger partial charge in [-0.25, -0.2) is 8.78 Å². The summed E-state index contributed by atoms with van der Waals surface area (Å²) in [5.74, 6) is -2.59. The van der Waals surface area contributed by atoms with Crippen LogP contribution in [0.3, 0.4) is 0 Å². The zero-order chi connectivity index (χ0) is 16.0. The Hall–Kier alpha value is -1.49. The van der Waals surface area contributed by atoms with Gasteiger partial charge in [-0.15, -0.1) is 0 Å². The Morgan fingerprint density at radius 3 is 2.14 bits per heavy atom. The minimum absolute atomic E-state index is 0.00171. The van der Waals surface area contributed by atoms with E-state index in [-0.39, 0.29) is 6.61 Å². The van der Waals surface area contributed by atoms with Gasteiger partial charge in [0, 0.05) is 0 Å². The zero-order valence-electron chi connectivity index (χ0n) is 12.6. The highest BCUT2D eigenvalue weighted by molar-refractivity contribution is 5.73. The van der Waals surface area contributed by atoms with Crippen molar-refractivity contribution in [3.05, 3.63) is 35.4 Å². The highest BCUT2D eigenvalue weighted by atomic mass is 19.3. The minimum Gasteiger partial charge on any atom is -0.466 e. The number of esters is 1. The Kier molecular flexibility index (Phi) is 6.75. The number of carbonyl (C=O) groups is 1. The van der Waals surface area contributed by atoms with Gasteiger partial charge in [-0.3, -0.25) is 4.79 Å². The molecule has 0 saturated heterocycles. The van der Waals surface area contributed by atoms with Crippen LogP contribution in [-0.2, 0) is 9.53 Å². The molecule has 0 aliphatic rings. The monoisotopic (exact) mass is 300 g/mol. The van der Waals surface area contributed by atoms with Gasteiger partial charge >= 0.3 is 5.97 Å². The summed E-state index contributed by atoms with van der Waals surface area (Å²) >= 11 is 0. The fraction of sp³-hybridized carbons (Fsp3) is 0.562. The normalized spacial score (nSPS) is 15.6. The number of aliphatic hydroxyl groups is 1. The lowest BCUT2D eigenvalue weighted by Crippen LogP contribution is -2.30. The summed E-state index contributed by atoms with van der Waals surface area (Å²) < 4.78 is 30.6. The van der Waals surface area contributed by atoms with Crippen molar-refractivity contribution in [3.8, 4) is 0 Å². The van der Waals surface area contributed by atoms with E-state index in [1.165, 1.54) is 6.92 Å². The molecule has 3 unspecified atom stereocenters. The Morgan fingerprint density at radius 2 is 1.71 bits per heavy atom. The molecule has 0 aliphatic carbocycles. The molecule has 1 N–H and O–H groups in total. The number of ether oxygens (including phenoxy) is 1. The summed E-state index contributed by atoms with van der Waals surface area (Å²) in [5, 5.41) is 10.1. The second kappa shape index (κ2) is 8.08. The van der Waals surface area contributed by atoms with Crippen molar-refractivity contribution >= 4 is 5.97 Å². The van der Waals surface area contributed by atoms with E-state index in [0.717, 1.165) is 12.0 Å². The summed E-state index contributed by atoms with van der Waals surface area (Å²) in [6, 6.07) is 6.75. The second-order valence-corrected chi connectivity index (χ2v) is 5.03. The molecule has 118 valence electrons. The van der Waals surface area contributed by atoms with Crippen molar-refractivity contribution in [1.29, 1.82) is 0 Å². The van der Waals surface area contributed by atoms with Gasteiger partial charge in [0.15, 0.2) is 0 Å². The molecular weight excluding hydrogens is 278 g/mol. The fourth-order valence-corrected chi connectivity index (χ4v) is 2.07. The fourth-order valence-electron chi connectivity index (χ4n) is 2.07. The average Bonchev–Trinajstić information content (AvgIpc) is 2.46. The third-order valence-corrected chi connectivity index (χ3v) is 3.63. The number of hydrogen-bond donors (Lipinski definition) is 1. The van der Waals surface area contributed by atoms with E-state index in [4.69, 9.17) is 0 Å². The Balaban J connectivity index is 2.93. The Bertz CT molecular complexity index is 445. The zero-order valence-corrected chi connectivity index (χ0v) is 12.6. The molecule has 0 amide bonds. The maximum atomic E-state index is 13.0. The van der Waals surface area contributed by atoms with E-state index in [1.54, 1.807) is 24.3 Å². The van der Waals surface area contributed by atoms with Crippen LogP contribution in [0.1, 0.15) is 50.3 Å². The van der Waals surface area contributed by atoms with Crippen LogP contribution in [0.25, 0.3) is 0 Å². The molecule has 0 radical (unpaired) electrons. The topological polar surface area (TPSA) is 46.5 Å². The molecule has 0 aromatic heterocycles. The lowest BCUT2D eigenvalue weighted by atomic mass is 9.92. The standard InChI is InChI=1S/C16H22F2O3/c1-4-10(3)11-6-8-12(9-7-11)14(19)13(15(17)18)16(20)21-5-2/h6-10,13-15,19H,4-5H2,1-3H3. The number of alkyl halides is 2. The first-order chi connectivity index (χ1) is 9.92. The van der Waals surface area contributed by atoms with Gasteiger partial charge in [-0.1, -0.05) is 38.1 Å². The van der Waals surface area contributed by atoms with Crippen molar-refractivity contribution < 1.29 is 23.4 Å². The van der Waals surface area contributed by atoms with E-state index in [2.05, 4.69) is 18.6 Å². The summed E-state index contributed by atoms with van der Waals surface area (Å²) in [6.45, 7) is 5.66. The number of hydrogen-bond acceptors (Lipinski definition) is 3. The van der Waals surface area contributed by atoms with Gasteiger partial charge in [-0.2, -0.15) is 0 Å². The van der Waals surface area contributed by atoms with Crippen LogP contribution in [0.4, 0.5) is 8.78 Å². The van der Waals surface area contributed by atoms with Gasteiger partial charge in [0.1, 0.15) is 5.92 Å². The van der Waals surface area contributed by atoms with E-state index in [9.17, 15) is 18.7 Å². The molecule has 3 nitrogen and oxygen atoms in total. The van der Waals surface area contributed by atoms with E-state index in [1.807, 2.05) is 0 Å². The van der Waals surface area contributed by atoms with Gasteiger partial charge in [0.2, 0.25) is 0 Å². The average molecular weight is 300 g/mol. The van der Waals surface area contributed by atoms with Crippen LogP contribution in [0.5, 0.6) is 0 Å². The number of aliphatic hydroxyl groups excluding tert-OH is 1. The molecule has 0 fully saturated rings. The first-order valence-corrected chi connectivity index (χ1v) is 7.15. The molecule has 3 atom stereocenters. The molecule has 1 rings (SSSR count). The number of benzene rings is 1. The molecule has 0 bridgehead atoms. The molecular formula is C16H22F2O3. The number of carbonyl (C=O) groups excluding carboxylic acids is 1. The summed E-state index contributed by atoms with van der Waals surface area (Å²) in [5.41, 5.74) is 1.36. The summed E-state index contributed by atoms with van der Waals surface area (Å²) in [4.78, 5) is 11.6. The Morgan fingerprint density at radius 1 is 1.19 bits per heavy atom. The van der Waals surface area contributed by atoms with Gasteiger partial charge < -0.3 is 9.84 Å². The van der Waals surface area contributed by atoms with Crippen molar-refractivity contribution in [3.63, 3.8) is 0 Å². The van der Waals surface area contributed by atoms with Crippen molar-refractivity contribution in [2.45, 2.75) is 45.6 Å². The first kappa shape index (κ1) is 17.6. The molecule has 0 spiro atoms. The third kappa shape index (κ3) is 4.49. The maximum absolute atomic E-state index is 13.0. The number of halogens is 2. The molecule has 21 heavy (non-hydrogen) atoms. The highest BCUT2D eigenvalue weighted by Gasteiger charge is 2.37. The quantitative estimate of drug-likeness (QED) is 0.781. The van der Waals surface area contributed by atoms with Crippen LogP contribution in [-0.4, -0.2) is 24.1 Å². The Labute approximate surface area is 123 Å². The third-order valence-electron chi connectivity index (χ3n) is 3.63. The summed E-state index contributed by atoms with van der Waals surface area (Å²) in [7, 11) is 0. The largest absolute Gasteiger partial charge is 0.466 e. The highest BCUT2D eigenvalue weighted by Crippen LogP contribution is 2.30. The van der Waals surface area contributed by atoms with Crippen molar-refractivity contribution in [1.82, 2.24) is 0 Å². The van der Waals surface area contributed by atoms with Crippen LogP contribution in [0, 0.1) is 5.92 Å². The molecule has 1 aromatic carbocycles. The molecule has 0 heterocycles. The van der Waals surface area contributed by atoms with Crippen molar-refractivity contribution in [2.75, 3.05) is 6.61 Å². The van der Waals surface area contributed by atoms with Crippen LogP contribution in [0.2, 0.25) is 0 Å². The van der Waals surface area contributed by atoms with Crippen LogP contribution >= 0.6 is 0 Å². The van der Waals surface area contributed by atoms with Crippen LogP contribution < -0.4 is 0 Å². The number of rotatable bonds is 7. The maximum Gasteiger partial charge on any atom is 0.317 e. The van der Waals surface area contributed by atoms with E-state index in [0.29, 0.717) is 11.5 Å². The van der Waals surface area contributed by atoms with E-state index < -0.39 is 24.4 Å². The van der Waals surface area contributed by atoms with Gasteiger partial charge in [0.25, 0.3) is 6.43 Å². The summed E-state index contributed by atoms with van der Waals surface area (Å²) in [6.07, 6.45) is -3.59. The molecule has 5 heteroatoms. The van der Waals surface area contributed by atoms with Crippen LogP contribution in [0.15, 0.2) is 24.3 Å². The van der Waals surface area contributed by atoms with Gasteiger partial charge in [0.05, 0.1) is 12.7 Å². The molecule has 0 aliphatic heterocycles. The first-order valence-electron chi connectivity index (χ1n) is 7.15. The predicted octanol–water partition coefficient (Wildman–Crippen LogP) is 3.68. The smallest absolute Gasteiger partial charge is 0.317 e. The lowest BCUT2D eigenvalue weighted by Gasteiger charge is -2.21.